The van der Waals surface area contributed by atoms with Crippen molar-refractivity contribution in [2.75, 3.05) is 26.7 Å². The molecule has 3 rings (SSSR count). The minimum Gasteiger partial charge on any atom is -0.497 e. The lowest BCUT2D eigenvalue weighted by Crippen LogP contribution is -2.46. The second-order valence-electron chi connectivity index (χ2n) is 9.46. The fourth-order valence-electron chi connectivity index (χ4n) is 4.51. The van der Waals surface area contributed by atoms with Crippen LogP contribution < -0.4 is 14.8 Å². The SMILES string of the molecule is COc1ccc(C(=O)CCCCCC(=O)N[C@H](CN2CCCC2)[C@@H](O)c2ccc(OC(F)(F)F)cc2)cc1. The first-order valence-electron chi connectivity index (χ1n) is 12.9. The van der Waals surface area contributed by atoms with Gasteiger partial charge < -0.3 is 24.8 Å². The number of aliphatic hydroxyl groups is 1. The van der Waals surface area contributed by atoms with Gasteiger partial charge in [0.2, 0.25) is 5.91 Å². The Hall–Kier alpha value is -3.11. The molecule has 1 heterocycles. The summed E-state index contributed by atoms with van der Waals surface area (Å²) in [6.07, 6.45) is -1.23. The number of methoxy groups -OCH3 is 1. The predicted octanol–water partition coefficient (Wildman–Crippen LogP) is 5.04. The molecular weight excluding hydrogens is 501 g/mol. The molecular formula is C28H35F3N2O5. The van der Waals surface area contributed by atoms with Gasteiger partial charge in [-0.3, -0.25) is 9.59 Å². The van der Waals surface area contributed by atoms with Gasteiger partial charge in [-0.25, -0.2) is 0 Å². The number of halogens is 3. The third-order valence-corrected chi connectivity index (χ3v) is 6.56. The number of carbonyl (C=O) groups is 2. The van der Waals surface area contributed by atoms with Crippen LogP contribution >= 0.6 is 0 Å². The second-order valence-corrected chi connectivity index (χ2v) is 9.46. The van der Waals surface area contributed by atoms with Crippen molar-refractivity contribution in [2.45, 2.75) is 63.5 Å². The standard InChI is InChI=1S/C28H35F3N2O5/c1-37-22-13-9-20(10-14-22)25(34)7-3-2-4-8-26(35)32-24(19-33-17-5-6-18-33)27(36)21-11-15-23(16-12-21)38-28(29,30)31/h9-16,24,27,36H,2-8,17-19H2,1H3,(H,32,35)/t24-,27+/m1/s1. The number of likely N-dealkylation sites (tertiary alicyclic amines) is 1. The van der Waals surface area contributed by atoms with Crippen molar-refractivity contribution in [3.8, 4) is 11.5 Å². The lowest BCUT2D eigenvalue weighted by molar-refractivity contribution is -0.274. The topological polar surface area (TPSA) is 88.1 Å². The Kier molecular flexibility index (Phi) is 11.0. The van der Waals surface area contributed by atoms with E-state index in [-0.39, 0.29) is 23.9 Å². The van der Waals surface area contributed by atoms with E-state index in [4.69, 9.17) is 4.74 Å². The first-order chi connectivity index (χ1) is 18.1. The molecule has 38 heavy (non-hydrogen) atoms. The summed E-state index contributed by atoms with van der Waals surface area (Å²) in [4.78, 5) is 27.2. The molecule has 1 aliphatic heterocycles. The lowest BCUT2D eigenvalue weighted by atomic mass is 10.0. The molecule has 2 aromatic carbocycles. The van der Waals surface area contributed by atoms with Crippen molar-refractivity contribution in [1.82, 2.24) is 10.2 Å². The van der Waals surface area contributed by atoms with Crippen LogP contribution in [0.4, 0.5) is 13.2 Å². The van der Waals surface area contributed by atoms with E-state index in [9.17, 15) is 27.9 Å². The van der Waals surface area contributed by atoms with Crippen LogP contribution in [0, 0.1) is 0 Å². The maximum atomic E-state index is 12.7. The molecule has 10 heteroatoms. The third kappa shape index (κ3) is 9.64. The average molecular weight is 537 g/mol. The number of amides is 1. The van der Waals surface area contributed by atoms with Gasteiger partial charge >= 0.3 is 6.36 Å². The molecule has 1 fully saturated rings. The predicted molar refractivity (Wildman–Crippen MR) is 136 cm³/mol. The van der Waals surface area contributed by atoms with E-state index in [1.807, 2.05) is 0 Å². The summed E-state index contributed by atoms with van der Waals surface area (Å²) in [5.41, 5.74) is 1.02. The number of ketones is 1. The van der Waals surface area contributed by atoms with Crippen LogP contribution in [0.15, 0.2) is 48.5 Å². The van der Waals surface area contributed by atoms with E-state index in [0.29, 0.717) is 49.1 Å². The zero-order valence-corrected chi connectivity index (χ0v) is 21.5. The van der Waals surface area contributed by atoms with Gasteiger partial charge in [-0.1, -0.05) is 18.6 Å². The average Bonchev–Trinajstić information content (AvgIpc) is 3.40. The van der Waals surface area contributed by atoms with Gasteiger partial charge in [0.05, 0.1) is 13.2 Å². The van der Waals surface area contributed by atoms with E-state index in [1.54, 1.807) is 31.4 Å². The minimum absolute atomic E-state index is 0.0394. The molecule has 1 saturated heterocycles. The second kappa shape index (κ2) is 14.2. The molecule has 0 unspecified atom stereocenters. The Bertz CT molecular complexity index is 1020. The minimum atomic E-state index is -4.80. The maximum absolute atomic E-state index is 12.7. The van der Waals surface area contributed by atoms with Crippen LogP contribution in [0.1, 0.15) is 67.0 Å². The fraction of sp³-hybridized carbons (Fsp3) is 0.500. The summed E-state index contributed by atoms with van der Waals surface area (Å²) in [6, 6.07) is 11.4. The van der Waals surface area contributed by atoms with Crippen molar-refractivity contribution in [3.05, 3.63) is 59.7 Å². The monoisotopic (exact) mass is 536 g/mol. The zero-order valence-electron chi connectivity index (χ0n) is 21.5. The van der Waals surface area contributed by atoms with E-state index in [0.717, 1.165) is 38.1 Å². The summed E-state index contributed by atoms with van der Waals surface area (Å²) in [5, 5.41) is 13.9. The molecule has 0 spiro atoms. The molecule has 2 N–H and O–H groups in total. The van der Waals surface area contributed by atoms with E-state index in [2.05, 4.69) is 15.0 Å². The Labute approximate surface area is 220 Å². The van der Waals surface area contributed by atoms with Gasteiger partial charge in [0.15, 0.2) is 5.78 Å². The highest BCUT2D eigenvalue weighted by Gasteiger charge is 2.31. The molecule has 7 nitrogen and oxygen atoms in total. The van der Waals surface area contributed by atoms with E-state index < -0.39 is 18.5 Å². The molecule has 1 aliphatic rings. The number of ether oxygens (including phenoxy) is 2. The molecule has 2 atom stereocenters. The van der Waals surface area contributed by atoms with Crippen molar-refractivity contribution < 1.29 is 37.3 Å². The highest BCUT2D eigenvalue weighted by atomic mass is 19.4. The molecule has 0 saturated carbocycles. The highest BCUT2D eigenvalue weighted by molar-refractivity contribution is 5.96. The summed E-state index contributed by atoms with van der Waals surface area (Å²) >= 11 is 0. The fourth-order valence-corrected chi connectivity index (χ4v) is 4.51. The van der Waals surface area contributed by atoms with Crippen molar-refractivity contribution in [1.29, 1.82) is 0 Å². The number of alkyl halides is 3. The van der Waals surface area contributed by atoms with Gasteiger partial charge in [-0.2, -0.15) is 0 Å². The summed E-state index contributed by atoms with van der Waals surface area (Å²) < 4.78 is 46.3. The van der Waals surface area contributed by atoms with E-state index in [1.165, 1.54) is 12.1 Å². The summed E-state index contributed by atoms with van der Waals surface area (Å²) in [7, 11) is 1.57. The quantitative estimate of drug-likeness (QED) is 0.260. The van der Waals surface area contributed by atoms with Crippen LogP contribution in [-0.2, 0) is 4.79 Å². The van der Waals surface area contributed by atoms with Crippen LogP contribution in [0.3, 0.4) is 0 Å². The van der Waals surface area contributed by atoms with Gasteiger partial charge in [-0.15, -0.1) is 13.2 Å². The summed E-state index contributed by atoms with van der Waals surface area (Å²) in [5.74, 6) is 0.136. The number of nitrogens with zero attached hydrogens (tertiary/aromatic N) is 1. The largest absolute Gasteiger partial charge is 0.573 e. The molecule has 0 radical (unpaired) electrons. The Morgan fingerprint density at radius 2 is 1.55 bits per heavy atom. The number of aliphatic hydroxyl groups excluding tert-OH is 1. The number of benzene rings is 2. The first kappa shape index (κ1) is 29.4. The molecule has 0 aliphatic carbocycles. The number of carbonyl (C=O) groups excluding carboxylic acids is 2. The Morgan fingerprint density at radius 1 is 0.947 bits per heavy atom. The Balaban J connectivity index is 1.48. The number of unbranched alkanes of at least 4 members (excludes halogenated alkanes) is 2. The lowest BCUT2D eigenvalue weighted by Gasteiger charge is -2.29. The van der Waals surface area contributed by atoms with E-state index >= 15 is 0 Å². The van der Waals surface area contributed by atoms with Gasteiger partial charge in [-0.05, 0) is 80.7 Å². The third-order valence-electron chi connectivity index (χ3n) is 6.56. The number of hydrogen-bond acceptors (Lipinski definition) is 6. The molecule has 208 valence electrons. The van der Waals surface area contributed by atoms with Crippen LogP contribution in [0.5, 0.6) is 11.5 Å². The maximum Gasteiger partial charge on any atom is 0.573 e. The molecule has 0 aromatic heterocycles. The smallest absolute Gasteiger partial charge is 0.497 e. The van der Waals surface area contributed by atoms with Gasteiger partial charge in [0.25, 0.3) is 0 Å². The number of rotatable bonds is 14. The van der Waals surface area contributed by atoms with Crippen molar-refractivity contribution >= 4 is 11.7 Å². The zero-order chi connectivity index (χ0) is 27.5. The van der Waals surface area contributed by atoms with Crippen LogP contribution in [0.25, 0.3) is 0 Å². The van der Waals surface area contributed by atoms with Crippen molar-refractivity contribution in [2.24, 2.45) is 0 Å². The van der Waals surface area contributed by atoms with Crippen LogP contribution in [-0.4, -0.2) is 60.8 Å². The number of hydrogen-bond donors (Lipinski definition) is 2. The first-order valence-corrected chi connectivity index (χ1v) is 12.9. The van der Waals surface area contributed by atoms with Crippen LogP contribution in [0.2, 0.25) is 0 Å². The number of nitrogens with one attached hydrogen (secondary N) is 1. The normalized spacial score (nSPS) is 15.6. The van der Waals surface area contributed by atoms with Crippen molar-refractivity contribution in [3.63, 3.8) is 0 Å². The van der Waals surface area contributed by atoms with Gasteiger partial charge in [0, 0.05) is 24.9 Å². The highest BCUT2D eigenvalue weighted by Crippen LogP contribution is 2.26. The van der Waals surface area contributed by atoms with Gasteiger partial charge in [0.1, 0.15) is 17.6 Å². The molecule has 2 aromatic rings. The summed E-state index contributed by atoms with van der Waals surface area (Å²) in [6.45, 7) is 2.16. The Morgan fingerprint density at radius 3 is 2.16 bits per heavy atom. The number of Topliss-reactive ketones (excluding diaryl/α,β-unsaturated/α-hetero) is 1. The molecule has 0 bridgehead atoms. The molecule has 1 amide bonds.